The zero-order valence-electron chi connectivity index (χ0n) is 17.7. The Labute approximate surface area is 174 Å². The Bertz CT molecular complexity index is 755. The van der Waals surface area contributed by atoms with Crippen molar-refractivity contribution in [3.63, 3.8) is 0 Å². The fourth-order valence-corrected chi connectivity index (χ4v) is 3.72. The number of ether oxygens (including phenoxy) is 2. The van der Waals surface area contributed by atoms with E-state index in [1.807, 2.05) is 6.92 Å². The first-order valence-electron chi connectivity index (χ1n) is 10.9. The molecular formula is C25H33NO3. The molecule has 2 aromatic carbocycles. The third-order valence-electron chi connectivity index (χ3n) is 5.45. The number of hydrogen-bond donors (Lipinski definition) is 0. The number of aryl methyl sites for hydroxylation is 1. The van der Waals surface area contributed by atoms with Gasteiger partial charge >= 0.3 is 6.09 Å². The number of benzene rings is 2. The summed E-state index contributed by atoms with van der Waals surface area (Å²) in [7, 11) is 0. The van der Waals surface area contributed by atoms with Gasteiger partial charge in [-0.2, -0.15) is 0 Å². The zero-order valence-corrected chi connectivity index (χ0v) is 17.7. The minimum Gasteiger partial charge on any atom is -0.450 e. The molecule has 0 N–H and O–H groups in total. The molecule has 1 aliphatic heterocycles. The van der Waals surface area contributed by atoms with E-state index in [1.54, 1.807) is 4.90 Å². The number of piperidine rings is 1. The molecule has 0 radical (unpaired) electrons. The number of likely N-dealkylation sites (tertiary alicyclic amines) is 1. The van der Waals surface area contributed by atoms with E-state index in [0.29, 0.717) is 19.8 Å². The van der Waals surface area contributed by atoms with Gasteiger partial charge < -0.3 is 9.47 Å². The molecule has 156 valence electrons. The predicted octanol–water partition coefficient (Wildman–Crippen LogP) is 6.18. The van der Waals surface area contributed by atoms with Gasteiger partial charge in [0, 0.05) is 6.54 Å². The van der Waals surface area contributed by atoms with Gasteiger partial charge in [0.05, 0.1) is 13.2 Å². The van der Waals surface area contributed by atoms with Crippen LogP contribution in [0.2, 0.25) is 0 Å². The van der Waals surface area contributed by atoms with E-state index in [1.165, 1.54) is 29.5 Å². The van der Waals surface area contributed by atoms with Crippen LogP contribution in [-0.4, -0.2) is 30.4 Å². The molecule has 0 aromatic heterocycles. The van der Waals surface area contributed by atoms with Gasteiger partial charge in [0.15, 0.2) is 0 Å². The van der Waals surface area contributed by atoms with E-state index in [0.717, 1.165) is 31.2 Å². The minimum absolute atomic E-state index is 0.196. The molecule has 2 aromatic rings. The monoisotopic (exact) mass is 395 g/mol. The molecule has 0 spiro atoms. The Balaban J connectivity index is 1.56. The first-order chi connectivity index (χ1) is 14.2. The molecule has 4 heteroatoms. The van der Waals surface area contributed by atoms with Crippen molar-refractivity contribution in [2.75, 3.05) is 13.2 Å². The first kappa shape index (κ1) is 21.4. The molecule has 1 unspecified atom stereocenters. The van der Waals surface area contributed by atoms with Crippen LogP contribution >= 0.6 is 0 Å². The highest BCUT2D eigenvalue weighted by Crippen LogP contribution is 2.23. The van der Waals surface area contributed by atoms with Crippen LogP contribution in [0.4, 0.5) is 4.79 Å². The molecule has 1 aliphatic rings. The van der Waals surface area contributed by atoms with Gasteiger partial charge in [0.2, 0.25) is 0 Å². The van der Waals surface area contributed by atoms with E-state index >= 15 is 0 Å². The lowest BCUT2D eigenvalue weighted by atomic mass is 10.0. The summed E-state index contributed by atoms with van der Waals surface area (Å²) in [6, 6.07) is 17.4. The van der Waals surface area contributed by atoms with Crippen molar-refractivity contribution in [2.45, 2.75) is 65.2 Å². The standard InChI is InChI=1S/C25H33NO3/c1-3-5-8-20-10-14-22(15-11-20)23-16-12-21(13-17-23)19-29-24-9-6-7-18-26(24)25(27)28-4-2/h10-17,24H,3-9,18-19H2,1-2H3. The summed E-state index contributed by atoms with van der Waals surface area (Å²) in [6.45, 7) is 5.65. The van der Waals surface area contributed by atoms with Crippen LogP contribution in [0.5, 0.6) is 0 Å². The number of carbonyl (C=O) groups excluding carboxylic acids is 1. The lowest BCUT2D eigenvalue weighted by molar-refractivity contribution is -0.0788. The van der Waals surface area contributed by atoms with Crippen molar-refractivity contribution in [3.8, 4) is 11.1 Å². The van der Waals surface area contributed by atoms with Crippen LogP contribution in [-0.2, 0) is 22.5 Å². The summed E-state index contributed by atoms with van der Waals surface area (Å²) in [4.78, 5) is 13.9. The fourth-order valence-electron chi connectivity index (χ4n) is 3.72. The van der Waals surface area contributed by atoms with Crippen LogP contribution in [0.1, 0.15) is 57.1 Å². The summed E-state index contributed by atoms with van der Waals surface area (Å²) in [5, 5.41) is 0. The number of rotatable bonds is 8. The van der Waals surface area contributed by atoms with Gasteiger partial charge in [0.25, 0.3) is 0 Å². The highest BCUT2D eigenvalue weighted by atomic mass is 16.6. The molecule has 4 nitrogen and oxygen atoms in total. The number of amides is 1. The fraction of sp³-hybridized carbons (Fsp3) is 0.480. The molecule has 29 heavy (non-hydrogen) atoms. The summed E-state index contributed by atoms with van der Waals surface area (Å²) < 4.78 is 11.2. The predicted molar refractivity (Wildman–Crippen MR) is 117 cm³/mol. The molecule has 0 saturated carbocycles. The van der Waals surface area contributed by atoms with E-state index in [2.05, 4.69) is 55.5 Å². The summed E-state index contributed by atoms with van der Waals surface area (Å²) >= 11 is 0. The Morgan fingerprint density at radius 3 is 2.24 bits per heavy atom. The Morgan fingerprint density at radius 2 is 1.62 bits per heavy atom. The van der Waals surface area contributed by atoms with Crippen molar-refractivity contribution in [2.24, 2.45) is 0 Å². The zero-order chi connectivity index (χ0) is 20.5. The molecule has 1 fully saturated rings. The quantitative estimate of drug-likeness (QED) is 0.535. The lowest BCUT2D eigenvalue weighted by Gasteiger charge is -2.34. The SMILES string of the molecule is CCCCc1ccc(-c2ccc(COC3CCCCN3C(=O)OCC)cc2)cc1. The van der Waals surface area contributed by atoms with Crippen molar-refractivity contribution >= 4 is 6.09 Å². The topological polar surface area (TPSA) is 38.8 Å². The molecule has 1 heterocycles. The Kier molecular flexibility index (Phi) is 8.12. The van der Waals surface area contributed by atoms with Crippen LogP contribution < -0.4 is 0 Å². The summed E-state index contributed by atoms with van der Waals surface area (Å²) in [5.41, 5.74) is 4.96. The minimum atomic E-state index is -0.269. The summed E-state index contributed by atoms with van der Waals surface area (Å²) in [6.07, 6.45) is 6.09. The second-order valence-electron chi connectivity index (χ2n) is 7.65. The van der Waals surface area contributed by atoms with Crippen molar-refractivity contribution in [1.29, 1.82) is 0 Å². The smallest absolute Gasteiger partial charge is 0.411 e. The number of hydrogen-bond acceptors (Lipinski definition) is 3. The average Bonchev–Trinajstić information content (AvgIpc) is 2.77. The Morgan fingerprint density at radius 1 is 0.966 bits per heavy atom. The van der Waals surface area contributed by atoms with Crippen LogP contribution in [0.25, 0.3) is 11.1 Å². The molecule has 0 aliphatic carbocycles. The van der Waals surface area contributed by atoms with E-state index in [9.17, 15) is 4.79 Å². The van der Waals surface area contributed by atoms with Gasteiger partial charge in [-0.15, -0.1) is 0 Å². The largest absolute Gasteiger partial charge is 0.450 e. The maximum atomic E-state index is 12.1. The van der Waals surface area contributed by atoms with Crippen LogP contribution in [0.3, 0.4) is 0 Å². The molecular weight excluding hydrogens is 362 g/mol. The maximum Gasteiger partial charge on any atom is 0.411 e. The first-order valence-corrected chi connectivity index (χ1v) is 10.9. The Hall–Kier alpha value is -2.33. The van der Waals surface area contributed by atoms with Crippen molar-refractivity contribution in [3.05, 3.63) is 59.7 Å². The number of nitrogens with zero attached hydrogens (tertiary/aromatic N) is 1. The highest BCUT2D eigenvalue weighted by Gasteiger charge is 2.28. The third-order valence-corrected chi connectivity index (χ3v) is 5.45. The van der Waals surface area contributed by atoms with Gasteiger partial charge in [-0.3, -0.25) is 4.90 Å². The highest BCUT2D eigenvalue weighted by molar-refractivity contribution is 5.68. The van der Waals surface area contributed by atoms with E-state index < -0.39 is 0 Å². The third kappa shape index (κ3) is 6.07. The molecule has 3 rings (SSSR count). The van der Waals surface area contributed by atoms with Crippen molar-refractivity contribution < 1.29 is 14.3 Å². The van der Waals surface area contributed by atoms with Crippen LogP contribution in [0, 0.1) is 0 Å². The normalized spacial score (nSPS) is 16.6. The van der Waals surface area contributed by atoms with E-state index in [-0.39, 0.29) is 12.3 Å². The van der Waals surface area contributed by atoms with Gasteiger partial charge in [-0.05, 0) is 61.3 Å². The number of carbonyl (C=O) groups is 1. The van der Waals surface area contributed by atoms with Gasteiger partial charge in [0.1, 0.15) is 6.23 Å². The van der Waals surface area contributed by atoms with E-state index in [4.69, 9.17) is 9.47 Å². The lowest BCUT2D eigenvalue weighted by Crippen LogP contribution is -2.45. The second-order valence-corrected chi connectivity index (χ2v) is 7.65. The van der Waals surface area contributed by atoms with Crippen LogP contribution in [0.15, 0.2) is 48.5 Å². The second kappa shape index (κ2) is 11.0. The summed E-state index contributed by atoms with van der Waals surface area (Å²) in [5.74, 6) is 0. The molecule has 1 saturated heterocycles. The van der Waals surface area contributed by atoms with Gasteiger partial charge in [-0.25, -0.2) is 4.79 Å². The maximum absolute atomic E-state index is 12.1. The van der Waals surface area contributed by atoms with Gasteiger partial charge in [-0.1, -0.05) is 61.9 Å². The van der Waals surface area contributed by atoms with Crippen molar-refractivity contribution in [1.82, 2.24) is 4.90 Å². The molecule has 1 amide bonds. The molecule has 0 bridgehead atoms. The average molecular weight is 396 g/mol. The number of unbranched alkanes of at least 4 members (excludes halogenated alkanes) is 1. The molecule has 1 atom stereocenters.